The van der Waals surface area contributed by atoms with Gasteiger partial charge in [-0.25, -0.2) is 0 Å². The molecule has 0 saturated heterocycles. The van der Waals surface area contributed by atoms with Crippen molar-refractivity contribution in [1.29, 1.82) is 0 Å². The third kappa shape index (κ3) is 10.1. The first-order valence-electron chi connectivity index (χ1n) is 6.87. The van der Waals surface area contributed by atoms with Crippen LogP contribution in [0.5, 0.6) is 0 Å². The molecule has 0 fully saturated rings. The fraction of sp³-hybridized carbons (Fsp3) is 0.923. The third-order valence-electron chi connectivity index (χ3n) is 2.54. The van der Waals surface area contributed by atoms with Gasteiger partial charge in [0, 0.05) is 26.2 Å². The molecule has 0 aliphatic heterocycles. The van der Waals surface area contributed by atoms with Gasteiger partial charge in [0.2, 0.25) is 0 Å². The second-order valence-electron chi connectivity index (χ2n) is 4.49. The number of rotatable bonds is 9. The first kappa shape index (κ1) is 16.2. The fourth-order valence-corrected chi connectivity index (χ4v) is 1.41. The summed E-state index contributed by atoms with van der Waals surface area (Å²) in [6.45, 7) is 8.97. The Morgan fingerprint density at radius 2 is 1.94 bits per heavy atom. The minimum atomic E-state index is 0.194. The number of hydrogen-bond acceptors (Lipinski definition) is 2. The maximum absolute atomic E-state index is 8.94. The minimum Gasteiger partial charge on any atom is -0.396 e. The number of nitrogens with one attached hydrogen (secondary N) is 2. The topological polar surface area (TPSA) is 56.7 Å². The normalized spacial score (nSPS) is 13.5. The monoisotopic (exact) mass is 243 g/mol. The Bertz CT molecular complexity index is 195. The second-order valence-corrected chi connectivity index (χ2v) is 4.49. The Kier molecular flexibility index (Phi) is 11.2. The molecule has 4 heteroatoms. The highest BCUT2D eigenvalue weighted by Crippen LogP contribution is 1.97. The quantitative estimate of drug-likeness (QED) is 0.328. The zero-order valence-corrected chi connectivity index (χ0v) is 11.6. The third-order valence-corrected chi connectivity index (χ3v) is 2.54. The maximum Gasteiger partial charge on any atom is 0.191 e. The van der Waals surface area contributed by atoms with Crippen LogP contribution in [0.4, 0.5) is 0 Å². The van der Waals surface area contributed by atoms with Crippen molar-refractivity contribution in [1.82, 2.24) is 10.6 Å². The molecule has 0 aliphatic rings. The first-order chi connectivity index (χ1) is 8.24. The molecule has 102 valence electrons. The van der Waals surface area contributed by atoms with E-state index in [1.165, 1.54) is 25.7 Å². The van der Waals surface area contributed by atoms with Crippen LogP contribution in [-0.2, 0) is 0 Å². The lowest BCUT2D eigenvalue weighted by atomic mass is 10.2. The van der Waals surface area contributed by atoms with Crippen LogP contribution in [0.1, 0.15) is 46.5 Å². The zero-order chi connectivity index (χ0) is 12.9. The van der Waals surface area contributed by atoms with Gasteiger partial charge in [-0.2, -0.15) is 0 Å². The van der Waals surface area contributed by atoms with Gasteiger partial charge in [0.05, 0.1) is 0 Å². The van der Waals surface area contributed by atoms with E-state index in [1.807, 2.05) is 6.92 Å². The molecule has 0 bridgehead atoms. The van der Waals surface area contributed by atoms with Crippen LogP contribution in [0.15, 0.2) is 4.99 Å². The predicted octanol–water partition coefficient (Wildman–Crippen LogP) is 1.75. The van der Waals surface area contributed by atoms with Crippen molar-refractivity contribution in [3.8, 4) is 0 Å². The molecule has 17 heavy (non-hydrogen) atoms. The van der Waals surface area contributed by atoms with Gasteiger partial charge >= 0.3 is 0 Å². The second kappa shape index (κ2) is 11.7. The molecule has 0 saturated carbocycles. The SMILES string of the molecule is CCCCCCNC(=NCC(C)CO)NCC. The van der Waals surface area contributed by atoms with Gasteiger partial charge in [-0.05, 0) is 19.3 Å². The lowest BCUT2D eigenvalue weighted by molar-refractivity contribution is 0.241. The van der Waals surface area contributed by atoms with Crippen molar-refractivity contribution >= 4 is 5.96 Å². The Balaban J connectivity index is 3.80. The molecule has 0 spiro atoms. The molecular formula is C13H29N3O. The summed E-state index contributed by atoms with van der Waals surface area (Å²) in [5.74, 6) is 1.09. The standard InChI is InChI=1S/C13H29N3O/c1-4-6-7-8-9-15-13(14-5-2)16-10-12(3)11-17/h12,17H,4-11H2,1-3H3,(H2,14,15,16). The van der Waals surface area contributed by atoms with Crippen molar-refractivity contribution in [2.24, 2.45) is 10.9 Å². The number of aliphatic imine (C=N–C) groups is 1. The van der Waals surface area contributed by atoms with Crippen LogP contribution in [0, 0.1) is 5.92 Å². The van der Waals surface area contributed by atoms with E-state index in [0.717, 1.165) is 19.0 Å². The molecule has 4 nitrogen and oxygen atoms in total. The number of aliphatic hydroxyl groups excluding tert-OH is 1. The Hall–Kier alpha value is -0.770. The van der Waals surface area contributed by atoms with Gasteiger partial charge in [-0.15, -0.1) is 0 Å². The van der Waals surface area contributed by atoms with Crippen LogP contribution >= 0.6 is 0 Å². The average Bonchev–Trinajstić information content (AvgIpc) is 2.35. The van der Waals surface area contributed by atoms with Crippen LogP contribution in [0.3, 0.4) is 0 Å². The Labute approximate surface area is 106 Å². The lowest BCUT2D eigenvalue weighted by Crippen LogP contribution is -2.38. The number of hydrogen-bond donors (Lipinski definition) is 3. The maximum atomic E-state index is 8.94. The minimum absolute atomic E-state index is 0.194. The first-order valence-corrected chi connectivity index (χ1v) is 6.87. The molecule has 0 aromatic carbocycles. The predicted molar refractivity (Wildman–Crippen MR) is 74.4 cm³/mol. The number of guanidine groups is 1. The number of unbranched alkanes of at least 4 members (excludes halogenated alkanes) is 3. The summed E-state index contributed by atoms with van der Waals surface area (Å²) in [7, 11) is 0. The van der Waals surface area contributed by atoms with E-state index in [0.29, 0.717) is 6.54 Å². The molecule has 0 aromatic rings. The molecule has 0 rings (SSSR count). The highest BCUT2D eigenvalue weighted by atomic mass is 16.3. The highest BCUT2D eigenvalue weighted by Gasteiger charge is 2.00. The molecule has 0 amide bonds. The summed E-state index contributed by atoms with van der Waals surface area (Å²) >= 11 is 0. The number of nitrogens with zero attached hydrogens (tertiary/aromatic N) is 1. The van der Waals surface area contributed by atoms with E-state index in [2.05, 4.69) is 29.5 Å². The van der Waals surface area contributed by atoms with Gasteiger partial charge in [0.15, 0.2) is 5.96 Å². The van der Waals surface area contributed by atoms with Crippen LogP contribution < -0.4 is 10.6 Å². The average molecular weight is 243 g/mol. The van der Waals surface area contributed by atoms with Gasteiger partial charge in [0.25, 0.3) is 0 Å². The van der Waals surface area contributed by atoms with Gasteiger partial charge in [-0.3, -0.25) is 4.99 Å². The summed E-state index contributed by atoms with van der Waals surface area (Å²) in [6.07, 6.45) is 5.03. The van der Waals surface area contributed by atoms with E-state index in [4.69, 9.17) is 5.11 Å². The van der Waals surface area contributed by atoms with Crippen molar-refractivity contribution in [3.05, 3.63) is 0 Å². The highest BCUT2D eigenvalue weighted by molar-refractivity contribution is 5.79. The zero-order valence-electron chi connectivity index (χ0n) is 11.6. The van der Waals surface area contributed by atoms with E-state index in [1.54, 1.807) is 0 Å². The van der Waals surface area contributed by atoms with Gasteiger partial charge in [0.1, 0.15) is 0 Å². The largest absolute Gasteiger partial charge is 0.396 e. The smallest absolute Gasteiger partial charge is 0.191 e. The molecule has 0 aromatic heterocycles. The van der Waals surface area contributed by atoms with Gasteiger partial charge < -0.3 is 15.7 Å². The van der Waals surface area contributed by atoms with Crippen molar-refractivity contribution in [2.75, 3.05) is 26.2 Å². The number of aliphatic hydroxyl groups is 1. The molecule has 0 heterocycles. The summed E-state index contributed by atoms with van der Waals surface area (Å²) in [6, 6.07) is 0. The lowest BCUT2D eigenvalue weighted by Gasteiger charge is -2.12. The summed E-state index contributed by atoms with van der Waals surface area (Å²) in [5.41, 5.74) is 0. The molecule has 0 aliphatic carbocycles. The molecule has 3 N–H and O–H groups in total. The molecular weight excluding hydrogens is 214 g/mol. The molecule has 0 radical (unpaired) electrons. The summed E-state index contributed by atoms with van der Waals surface area (Å²) in [5, 5.41) is 15.5. The van der Waals surface area contributed by atoms with E-state index in [-0.39, 0.29) is 12.5 Å². The van der Waals surface area contributed by atoms with Gasteiger partial charge in [-0.1, -0.05) is 33.1 Å². The van der Waals surface area contributed by atoms with Crippen molar-refractivity contribution in [2.45, 2.75) is 46.5 Å². The van der Waals surface area contributed by atoms with E-state index < -0.39 is 0 Å². The fourth-order valence-electron chi connectivity index (χ4n) is 1.41. The van der Waals surface area contributed by atoms with E-state index in [9.17, 15) is 0 Å². The van der Waals surface area contributed by atoms with Crippen molar-refractivity contribution in [3.63, 3.8) is 0 Å². The van der Waals surface area contributed by atoms with Crippen LogP contribution in [0.2, 0.25) is 0 Å². The van der Waals surface area contributed by atoms with Crippen LogP contribution in [0.25, 0.3) is 0 Å². The molecule has 1 atom stereocenters. The van der Waals surface area contributed by atoms with Crippen molar-refractivity contribution < 1.29 is 5.11 Å². The van der Waals surface area contributed by atoms with E-state index >= 15 is 0 Å². The van der Waals surface area contributed by atoms with Crippen LogP contribution in [-0.4, -0.2) is 37.3 Å². The Morgan fingerprint density at radius 3 is 2.53 bits per heavy atom. The molecule has 1 unspecified atom stereocenters. The summed E-state index contributed by atoms with van der Waals surface area (Å²) < 4.78 is 0. The Morgan fingerprint density at radius 1 is 1.18 bits per heavy atom. The summed E-state index contributed by atoms with van der Waals surface area (Å²) in [4.78, 5) is 4.44.